The third kappa shape index (κ3) is 5.30. The summed E-state index contributed by atoms with van der Waals surface area (Å²) in [6.07, 6.45) is 3.43. The molecule has 0 spiro atoms. The van der Waals surface area contributed by atoms with Crippen molar-refractivity contribution < 1.29 is 13.9 Å². The number of aromatic nitrogens is 2. The fraction of sp³-hybridized carbons (Fsp3) is 0.0800. The summed E-state index contributed by atoms with van der Waals surface area (Å²) in [7, 11) is 0. The molecular formula is C25H20FN3O2. The zero-order valence-corrected chi connectivity index (χ0v) is 16.9. The lowest BCUT2D eigenvalue weighted by atomic mass is 10.1. The van der Waals surface area contributed by atoms with Crippen LogP contribution in [-0.2, 0) is 6.54 Å². The van der Waals surface area contributed by atoms with Crippen LogP contribution in [0.4, 0.5) is 4.39 Å². The Bertz CT molecular complexity index is 1160. The highest BCUT2D eigenvalue weighted by Crippen LogP contribution is 2.22. The maximum absolute atomic E-state index is 12.9. The number of aryl methyl sites for hydroxylation is 1. The minimum atomic E-state index is -0.306. The molecule has 0 aliphatic heterocycles. The van der Waals surface area contributed by atoms with Crippen molar-refractivity contribution >= 4 is 5.91 Å². The van der Waals surface area contributed by atoms with Gasteiger partial charge in [-0.25, -0.2) is 14.4 Å². The SMILES string of the molecule is Cc1ccc(-c2cnc(Oc3ccc(C(=O)NCc4ccc(F)cc4)cc3)nc2)cc1. The minimum absolute atomic E-state index is 0.226. The van der Waals surface area contributed by atoms with Gasteiger partial charge in [0.1, 0.15) is 11.6 Å². The molecule has 0 saturated carbocycles. The first-order chi connectivity index (χ1) is 15.1. The quantitative estimate of drug-likeness (QED) is 0.465. The van der Waals surface area contributed by atoms with Crippen LogP contribution >= 0.6 is 0 Å². The van der Waals surface area contributed by atoms with Crippen molar-refractivity contribution in [3.05, 3.63) is 108 Å². The summed E-state index contributed by atoms with van der Waals surface area (Å²) in [5.74, 6) is -0.00724. The summed E-state index contributed by atoms with van der Waals surface area (Å²) >= 11 is 0. The van der Waals surface area contributed by atoms with Crippen LogP contribution in [0.5, 0.6) is 11.8 Å². The van der Waals surface area contributed by atoms with Crippen molar-refractivity contribution in [1.29, 1.82) is 0 Å². The average molecular weight is 413 g/mol. The Hall–Kier alpha value is -4.06. The fourth-order valence-electron chi connectivity index (χ4n) is 2.93. The number of hydrogen-bond donors (Lipinski definition) is 1. The molecule has 3 aromatic carbocycles. The molecule has 1 aromatic heterocycles. The summed E-state index contributed by atoms with van der Waals surface area (Å²) in [4.78, 5) is 20.8. The molecule has 0 bridgehead atoms. The number of benzene rings is 3. The number of nitrogens with one attached hydrogen (secondary N) is 1. The summed E-state index contributed by atoms with van der Waals surface area (Å²) in [6, 6.07) is 21.0. The molecule has 154 valence electrons. The number of rotatable bonds is 6. The van der Waals surface area contributed by atoms with Gasteiger partial charge in [0.15, 0.2) is 0 Å². The van der Waals surface area contributed by atoms with Crippen molar-refractivity contribution in [1.82, 2.24) is 15.3 Å². The van der Waals surface area contributed by atoms with Crippen LogP contribution < -0.4 is 10.1 Å². The van der Waals surface area contributed by atoms with Crippen LogP contribution in [0.2, 0.25) is 0 Å². The van der Waals surface area contributed by atoms with Crippen LogP contribution in [0.3, 0.4) is 0 Å². The predicted molar refractivity (Wildman–Crippen MR) is 116 cm³/mol. The highest BCUT2D eigenvalue weighted by molar-refractivity contribution is 5.94. The van der Waals surface area contributed by atoms with Gasteiger partial charge in [-0.2, -0.15) is 0 Å². The van der Waals surface area contributed by atoms with E-state index in [9.17, 15) is 9.18 Å². The van der Waals surface area contributed by atoms with E-state index >= 15 is 0 Å². The highest BCUT2D eigenvalue weighted by Gasteiger charge is 2.07. The van der Waals surface area contributed by atoms with Gasteiger partial charge in [0.25, 0.3) is 5.91 Å². The van der Waals surface area contributed by atoms with Crippen LogP contribution in [0.1, 0.15) is 21.5 Å². The van der Waals surface area contributed by atoms with E-state index in [0.717, 1.165) is 16.7 Å². The molecule has 4 aromatic rings. The number of carbonyl (C=O) groups is 1. The molecule has 0 aliphatic rings. The second kappa shape index (κ2) is 9.17. The molecule has 5 nitrogen and oxygen atoms in total. The Morgan fingerprint density at radius 3 is 2.16 bits per heavy atom. The molecule has 31 heavy (non-hydrogen) atoms. The molecule has 1 N–H and O–H groups in total. The first-order valence-corrected chi connectivity index (χ1v) is 9.76. The van der Waals surface area contributed by atoms with Crippen molar-refractivity contribution in [2.45, 2.75) is 13.5 Å². The molecule has 0 atom stereocenters. The Labute approximate surface area is 179 Å². The van der Waals surface area contributed by atoms with Gasteiger partial charge in [-0.3, -0.25) is 4.79 Å². The monoisotopic (exact) mass is 413 g/mol. The molecule has 0 aliphatic carbocycles. The average Bonchev–Trinajstić information content (AvgIpc) is 2.80. The zero-order valence-electron chi connectivity index (χ0n) is 16.9. The molecule has 1 amide bonds. The number of carbonyl (C=O) groups excluding carboxylic acids is 1. The lowest BCUT2D eigenvalue weighted by Gasteiger charge is -2.08. The van der Waals surface area contributed by atoms with E-state index < -0.39 is 0 Å². The Morgan fingerprint density at radius 2 is 1.52 bits per heavy atom. The van der Waals surface area contributed by atoms with Crippen molar-refractivity contribution in [2.24, 2.45) is 0 Å². The normalized spacial score (nSPS) is 10.5. The van der Waals surface area contributed by atoms with Crippen LogP contribution in [0, 0.1) is 12.7 Å². The van der Waals surface area contributed by atoms with E-state index in [2.05, 4.69) is 15.3 Å². The van der Waals surface area contributed by atoms with Crippen molar-refractivity contribution in [3.8, 4) is 22.9 Å². The molecule has 1 heterocycles. The number of halogens is 1. The van der Waals surface area contributed by atoms with Gasteiger partial charge < -0.3 is 10.1 Å². The van der Waals surface area contributed by atoms with E-state index in [4.69, 9.17) is 4.74 Å². The third-order valence-electron chi connectivity index (χ3n) is 4.71. The summed E-state index contributed by atoms with van der Waals surface area (Å²) in [5.41, 5.74) is 4.44. The van der Waals surface area contributed by atoms with E-state index in [1.165, 1.54) is 17.7 Å². The topological polar surface area (TPSA) is 64.1 Å². The largest absolute Gasteiger partial charge is 0.424 e. The van der Waals surface area contributed by atoms with Gasteiger partial charge >= 0.3 is 6.01 Å². The predicted octanol–water partition coefficient (Wildman–Crippen LogP) is 5.31. The Balaban J connectivity index is 1.35. The lowest BCUT2D eigenvalue weighted by molar-refractivity contribution is 0.0951. The van der Waals surface area contributed by atoms with Gasteiger partial charge in [0.05, 0.1) is 0 Å². The smallest absolute Gasteiger partial charge is 0.321 e. The van der Waals surface area contributed by atoms with E-state index in [0.29, 0.717) is 17.9 Å². The number of nitrogens with zero attached hydrogens (tertiary/aromatic N) is 2. The van der Waals surface area contributed by atoms with Gasteiger partial charge in [-0.15, -0.1) is 0 Å². The second-order valence-electron chi connectivity index (χ2n) is 7.06. The highest BCUT2D eigenvalue weighted by atomic mass is 19.1. The maximum Gasteiger partial charge on any atom is 0.321 e. The van der Waals surface area contributed by atoms with Crippen LogP contribution in [0.25, 0.3) is 11.1 Å². The Kier molecular flexibility index (Phi) is 5.98. The molecular weight excluding hydrogens is 393 g/mol. The number of hydrogen-bond acceptors (Lipinski definition) is 4. The second-order valence-corrected chi connectivity index (χ2v) is 7.06. The number of ether oxygens (including phenoxy) is 1. The molecule has 4 rings (SSSR count). The summed E-state index contributed by atoms with van der Waals surface area (Å²) in [5, 5.41) is 2.80. The molecule has 0 unspecified atom stereocenters. The minimum Gasteiger partial charge on any atom is -0.424 e. The van der Waals surface area contributed by atoms with Crippen LogP contribution in [-0.4, -0.2) is 15.9 Å². The fourth-order valence-corrected chi connectivity index (χ4v) is 2.93. The van der Waals surface area contributed by atoms with Gasteiger partial charge in [-0.05, 0) is 54.4 Å². The summed E-state index contributed by atoms with van der Waals surface area (Å²) in [6.45, 7) is 2.36. The molecule has 0 fully saturated rings. The van der Waals surface area contributed by atoms with Crippen molar-refractivity contribution in [3.63, 3.8) is 0 Å². The van der Waals surface area contributed by atoms with Gasteiger partial charge in [0.2, 0.25) is 0 Å². The number of amides is 1. The first-order valence-electron chi connectivity index (χ1n) is 9.76. The van der Waals surface area contributed by atoms with Crippen molar-refractivity contribution in [2.75, 3.05) is 0 Å². The van der Waals surface area contributed by atoms with E-state index in [1.54, 1.807) is 48.8 Å². The van der Waals surface area contributed by atoms with E-state index in [1.807, 2.05) is 31.2 Å². The first kappa shape index (κ1) is 20.2. The van der Waals surface area contributed by atoms with Crippen LogP contribution in [0.15, 0.2) is 85.2 Å². The zero-order chi connectivity index (χ0) is 21.6. The molecule has 6 heteroatoms. The summed E-state index contributed by atoms with van der Waals surface area (Å²) < 4.78 is 18.6. The van der Waals surface area contributed by atoms with Gasteiger partial charge in [-0.1, -0.05) is 42.0 Å². The molecule has 0 saturated heterocycles. The standard InChI is InChI=1S/C25H20FN3O2/c1-17-2-6-19(7-3-17)21-15-28-25(29-16-21)31-23-12-8-20(9-13-23)24(30)27-14-18-4-10-22(26)11-5-18/h2-13,15-16H,14H2,1H3,(H,27,30). The van der Waals surface area contributed by atoms with Gasteiger partial charge in [0, 0.05) is 30.1 Å². The Morgan fingerprint density at radius 1 is 0.871 bits per heavy atom. The molecule has 0 radical (unpaired) electrons. The lowest BCUT2D eigenvalue weighted by Crippen LogP contribution is -2.22. The maximum atomic E-state index is 12.9. The third-order valence-corrected chi connectivity index (χ3v) is 4.71. The van der Waals surface area contributed by atoms with E-state index in [-0.39, 0.29) is 17.7 Å².